The predicted octanol–water partition coefficient (Wildman–Crippen LogP) is 4.88. The average Bonchev–Trinajstić information content (AvgIpc) is 3.07. The first-order valence-corrected chi connectivity index (χ1v) is 8.05. The van der Waals surface area contributed by atoms with E-state index in [0.29, 0.717) is 23.2 Å². The van der Waals surface area contributed by atoms with Gasteiger partial charge in [0.05, 0.1) is 6.54 Å². The number of benzene rings is 2. The summed E-state index contributed by atoms with van der Waals surface area (Å²) >= 11 is 12.1. The first-order valence-electron chi connectivity index (χ1n) is 7.30. The highest BCUT2D eigenvalue weighted by Crippen LogP contribution is 2.28. The zero-order chi connectivity index (χ0) is 16.9. The summed E-state index contributed by atoms with van der Waals surface area (Å²) in [6.45, 7) is 5.03. The molecule has 0 unspecified atom stereocenters. The van der Waals surface area contributed by atoms with Crippen molar-refractivity contribution in [3.8, 4) is 5.75 Å². The Labute approximate surface area is 150 Å². The van der Waals surface area contributed by atoms with E-state index in [1.165, 1.54) is 6.33 Å². The molecule has 3 rings (SSSR count). The van der Waals surface area contributed by atoms with Crippen molar-refractivity contribution >= 4 is 28.8 Å². The molecule has 0 aliphatic rings. The molecular weight excluding hydrogens is 345 g/mol. The Morgan fingerprint density at radius 3 is 2.75 bits per heavy atom. The summed E-state index contributed by atoms with van der Waals surface area (Å²) in [6.07, 6.45) is 3.15. The van der Waals surface area contributed by atoms with Crippen LogP contribution in [-0.2, 0) is 13.2 Å². The fraction of sp³-hybridized carbons (Fsp3) is 0.111. The molecule has 0 N–H and O–H groups in total. The first-order chi connectivity index (χ1) is 11.6. The standard InChI is InChI=1S/C18H15Cl2N3O/c1-13(9-23-12-21-11-22-23)16-4-2-3-5-18(16)24-10-14-6-7-15(19)8-17(14)20/h2-8,11-12H,1,9-10H2. The van der Waals surface area contributed by atoms with E-state index in [9.17, 15) is 0 Å². The van der Waals surface area contributed by atoms with Crippen LogP contribution in [0.15, 0.2) is 61.7 Å². The van der Waals surface area contributed by atoms with Gasteiger partial charge >= 0.3 is 0 Å². The van der Waals surface area contributed by atoms with E-state index in [-0.39, 0.29) is 0 Å². The van der Waals surface area contributed by atoms with Gasteiger partial charge in [-0.15, -0.1) is 0 Å². The molecule has 0 amide bonds. The number of para-hydroxylation sites is 1. The molecule has 4 nitrogen and oxygen atoms in total. The van der Waals surface area contributed by atoms with Crippen LogP contribution < -0.4 is 4.74 Å². The van der Waals surface area contributed by atoms with Crippen molar-refractivity contribution in [1.29, 1.82) is 0 Å². The molecule has 0 saturated carbocycles. The molecule has 0 aliphatic carbocycles. The summed E-state index contributed by atoms with van der Waals surface area (Å²) in [7, 11) is 0. The molecular formula is C18H15Cl2N3O. The lowest BCUT2D eigenvalue weighted by Gasteiger charge is -2.14. The fourth-order valence-corrected chi connectivity index (χ4v) is 2.74. The van der Waals surface area contributed by atoms with Crippen LogP contribution in [0.3, 0.4) is 0 Å². The van der Waals surface area contributed by atoms with Crippen molar-refractivity contribution in [1.82, 2.24) is 14.8 Å². The summed E-state index contributed by atoms with van der Waals surface area (Å²) in [6, 6.07) is 13.1. The summed E-state index contributed by atoms with van der Waals surface area (Å²) in [5.41, 5.74) is 2.69. The van der Waals surface area contributed by atoms with E-state index >= 15 is 0 Å². The van der Waals surface area contributed by atoms with Crippen LogP contribution in [0.5, 0.6) is 5.75 Å². The van der Waals surface area contributed by atoms with Crippen LogP contribution in [0.2, 0.25) is 10.0 Å². The van der Waals surface area contributed by atoms with E-state index in [4.69, 9.17) is 27.9 Å². The quantitative estimate of drug-likeness (QED) is 0.629. The lowest BCUT2D eigenvalue weighted by atomic mass is 10.1. The highest BCUT2D eigenvalue weighted by molar-refractivity contribution is 6.35. The van der Waals surface area contributed by atoms with Crippen LogP contribution in [0.1, 0.15) is 11.1 Å². The zero-order valence-corrected chi connectivity index (χ0v) is 14.3. The molecule has 0 atom stereocenters. The maximum Gasteiger partial charge on any atom is 0.137 e. The number of hydrogen-bond donors (Lipinski definition) is 0. The average molecular weight is 360 g/mol. The lowest BCUT2D eigenvalue weighted by Crippen LogP contribution is -2.03. The lowest BCUT2D eigenvalue weighted by molar-refractivity contribution is 0.305. The van der Waals surface area contributed by atoms with Gasteiger partial charge in [0.25, 0.3) is 0 Å². The van der Waals surface area contributed by atoms with Crippen LogP contribution in [0.4, 0.5) is 0 Å². The second-order valence-corrected chi connectivity index (χ2v) is 6.06. The van der Waals surface area contributed by atoms with Gasteiger partial charge in [0.1, 0.15) is 25.0 Å². The van der Waals surface area contributed by atoms with Gasteiger partial charge in [0.15, 0.2) is 0 Å². The summed E-state index contributed by atoms with van der Waals surface area (Å²) in [4.78, 5) is 3.94. The molecule has 1 aromatic heterocycles. The largest absolute Gasteiger partial charge is 0.488 e. The van der Waals surface area contributed by atoms with Crippen molar-refractivity contribution in [3.05, 3.63) is 82.9 Å². The zero-order valence-electron chi connectivity index (χ0n) is 12.8. The Morgan fingerprint density at radius 2 is 2.00 bits per heavy atom. The second kappa shape index (κ2) is 7.51. The Bertz CT molecular complexity index is 847. The number of nitrogens with zero attached hydrogens (tertiary/aromatic N) is 3. The molecule has 0 bridgehead atoms. The molecule has 0 fully saturated rings. The van der Waals surface area contributed by atoms with E-state index < -0.39 is 0 Å². The minimum absolute atomic E-state index is 0.351. The molecule has 1 heterocycles. The van der Waals surface area contributed by atoms with E-state index in [1.807, 2.05) is 30.3 Å². The smallest absolute Gasteiger partial charge is 0.137 e. The SMILES string of the molecule is C=C(Cn1cncn1)c1ccccc1OCc1ccc(Cl)cc1Cl. The van der Waals surface area contributed by atoms with Crippen LogP contribution >= 0.6 is 23.2 Å². The monoisotopic (exact) mass is 359 g/mol. The maximum absolute atomic E-state index is 6.19. The van der Waals surface area contributed by atoms with Crippen molar-refractivity contribution in [2.45, 2.75) is 13.2 Å². The third kappa shape index (κ3) is 3.96. The third-order valence-corrected chi connectivity index (χ3v) is 4.07. The summed E-state index contributed by atoms with van der Waals surface area (Å²) < 4.78 is 7.67. The van der Waals surface area contributed by atoms with Crippen LogP contribution in [0, 0.1) is 0 Å². The summed E-state index contributed by atoms with van der Waals surface area (Å²) in [5.74, 6) is 0.744. The maximum atomic E-state index is 6.19. The van der Waals surface area contributed by atoms with Gasteiger partial charge in [0, 0.05) is 21.2 Å². The number of ether oxygens (including phenoxy) is 1. The Balaban J connectivity index is 1.75. The van der Waals surface area contributed by atoms with Crippen molar-refractivity contribution in [2.75, 3.05) is 0 Å². The molecule has 0 radical (unpaired) electrons. The van der Waals surface area contributed by atoms with E-state index in [0.717, 1.165) is 22.4 Å². The van der Waals surface area contributed by atoms with E-state index in [2.05, 4.69) is 16.7 Å². The van der Waals surface area contributed by atoms with Gasteiger partial charge in [-0.3, -0.25) is 0 Å². The number of halogens is 2. The van der Waals surface area contributed by atoms with Gasteiger partial charge in [-0.2, -0.15) is 5.10 Å². The minimum Gasteiger partial charge on any atom is -0.488 e. The summed E-state index contributed by atoms with van der Waals surface area (Å²) in [5, 5.41) is 5.29. The van der Waals surface area contributed by atoms with Gasteiger partial charge in [-0.05, 0) is 23.8 Å². The highest BCUT2D eigenvalue weighted by atomic mass is 35.5. The van der Waals surface area contributed by atoms with E-state index in [1.54, 1.807) is 23.1 Å². The minimum atomic E-state index is 0.351. The Morgan fingerprint density at radius 1 is 1.17 bits per heavy atom. The molecule has 0 spiro atoms. The predicted molar refractivity (Wildman–Crippen MR) is 96.3 cm³/mol. The van der Waals surface area contributed by atoms with Gasteiger partial charge in [0.2, 0.25) is 0 Å². The Kier molecular flexibility index (Phi) is 5.18. The highest BCUT2D eigenvalue weighted by Gasteiger charge is 2.09. The van der Waals surface area contributed by atoms with Crippen LogP contribution in [0.25, 0.3) is 5.57 Å². The van der Waals surface area contributed by atoms with Crippen LogP contribution in [-0.4, -0.2) is 14.8 Å². The molecule has 122 valence electrons. The Hall–Kier alpha value is -2.30. The number of aromatic nitrogens is 3. The topological polar surface area (TPSA) is 39.9 Å². The molecule has 2 aromatic carbocycles. The fourth-order valence-electron chi connectivity index (χ4n) is 2.27. The molecule has 6 heteroatoms. The molecule has 0 saturated heterocycles. The van der Waals surface area contributed by atoms with Crippen molar-refractivity contribution in [3.63, 3.8) is 0 Å². The van der Waals surface area contributed by atoms with Crippen molar-refractivity contribution < 1.29 is 4.74 Å². The van der Waals surface area contributed by atoms with Gasteiger partial charge < -0.3 is 4.74 Å². The van der Waals surface area contributed by atoms with Gasteiger partial charge in [-0.1, -0.05) is 54.0 Å². The third-order valence-electron chi connectivity index (χ3n) is 3.49. The number of rotatable bonds is 6. The second-order valence-electron chi connectivity index (χ2n) is 5.22. The first kappa shape index (κ1) is 16.6. The normalized spacial score (nSPS) is 10.6. The van der Waals surface area contributed by atoms with Crippen molar-refractivity contribution in [2.24, 2.45) is 0 Å². The molecule has 24 heavy (non-hydrogen) atoms. The molecule has 0 aliphatic heterocycles. The van der Waals surface area contributed by atoms with Gasteiger partial charge in [-0.25, -0.2) is 9.67 Å². The number of hydrogen-bond acceptors (Lipinski definition) is 3. The number of allylic oxidation sites excluding steroid dienone is 1. The molecule has 3 aromatic rings.